The van der Waals surface area contributed by atoms with Crippen LogP contribution in [0.3, 0.4) is 0 Å². The number of amides is 1. The topological polar surface area (TPSA) is 96.9 Å². The van der Waals surface area contributed by atoms with Crippen LogP contribution >= 0.6 is 0 Å². The minimum absolute atomic E-state index is 0.0182. The van der Waals surface area contributed by atoms with Gasteiger partial charge >= 0.3 is 6.18 Å². The number of nitrogens with zero attached hydrogens (tertiary/aromatic N) is 5. The highest BCUT2D eigenvalue weighted by atomic mass is 28.3. The fourth-order valence-electron chi connectivity index (χ4n) is 5.13. The van der Waals surface area contributed by atoms with Crippen molar-refractivity contribution in [2.75, 3.05) is 13.1 Å². The molecular weight excluding hydrogens is 491 g/mol. The van der Waals surface area contributed by atoms with E-state index < -0.39 is 57.4 Å². The number of carbonyl (C=O) groups is 1. The van der Waals surface area contributed by atoms with Crippen LogP contribution in [-0.2, 0) is 6.18 Å². The first-order valence-corrected chi connectivity index (χ1v) is 12.5. The Balaban J connectivity index is 1.34. The second kappa shape index (κ2) is 7.35. The number of nitrogens with two attached hydrogens (primary N) is 1. The Morgan fingerprint density at radius 3 is 2.86 bits per heavy atom. The zero-order chi connectivity index (χ0) is 24.7. The Hall–Kier alpha value is -3.29. The molecule has 14 heteroatoms. The molecule has 2 aromatic rings. The summed E-state index contributed by atoms with van der Waals surface area (Å²) in [6, 6.07) is 2.98. The number of halogens is 5. The van der Waals surface area contributed by atoms with Gasteiger partial charge in [-0.1, -0.05) is 6.07 Å². The maximum Gasteiger partial charge on any atom is 0.433 e. The molecule has 6 heterocycles. The Kier molecular flexibility index (Phi) is 4.66. The molecule has 183 valence electrons. The third-order valence-electron chi connectivity index (χ3n) is 6.66. The summed E-state index contributed by atoms with van der Waals surface area (Å²) in [5, 5.41) is 0.498. The molecule has 8 nitrogen and oxygen atoms in total. The molecule has 0 saturated carbocycles. The number of guanidine groups is 1. The van der Waals surface area contributed by atoms with E-state index in [1.807, 2.05) is 0 Å². The number of aliphatic imine (C=N–C) groups is 1. The first-order valence-electron chi connectivity index (χ1n) is 10.9. The zero-order valence-electron chi connectivity index (χ0n) is 18.0. The van der Waals surface area contributed by atoms with Crippen LogP contribution < -0.4 is 15.7 Å². The molecule has 35 heavy (non-hydrogen) atoms. The van der Waals surface area contributed by atoms with Crippen molar-refractivity contribution in [2.45, 2.75) is 43.1 Å². The van der Waals surface area contributed by atoms with Crippen molar-refractivity contribution in [1.29, 1.82) is 0 Å². The number of ether oxygens (including phenoxy) is 1. The maximum absolute atomic E-state index is 14.1. The predicted octanol–water partition coefficient (Wildman–Crippen LogP) is 2.27. The second-order valence-corrected chi connectivity index (χ2v) is 11.4. The fourth-order valence-corrected chi connectivity index (χ4v) is 8.14. The molecule has 0 aliphatic carbocycles. The van der Waals surface area contributed by atoms with Crippen molar-refractivity contribution in [3.05, 3.63) is 41.3 Å². The molecule has 6 rings (SSSR count). The van der Waals surface area contributed by atoms with Crippen LogP contribution in [0.25, 0.3) is 0 Å². The second-order valence-electron chi connectivity index (χ2n) is 8.94. The molecule has 2 aromatic heterocycles. The van der Waals surface area contributed by atoms with E-state index in [-0.39, 0.29) is 17.5 Å². The summed E-state index contributed by atoms with van der Waals surface area (Å²) in [6.45, 7) is -0.176. The van der Waals surface area contributed by atoms with Crippen molar-refractivity contribution in [2.24, 2.45) is 10.7 Å². The van der Waals surface area contributed by atoms with Gasteiger partial charge < -0.3 is 19.9 Å². The van der Waals surface area contributed by atoms with Crippen LogP contribution in [0.5, 0.6) is 5.88 Å². The van der Waals surface area contributed by atoms with Crippen LogP contribution in [0.15, 0.2) is 29.4 Å². The number of carbonyl (C=O) groups excluding carboxylic acids is 1. The first kappa shape index (κ1) is 22.2. The van der Waals surface area contributed by atoms with E-state index in [1.54, 1.807) is 4.57 Å². The van der Waals surface area contributed by atoms with Crippen LogP contribution in [0.1, 0.15) is 47.1 Å². The fraction of sp³-hybridized carbons (Fsp3) is 0.429. The van der Waals surface area contributed by atoms with Crippen LogP contribution in [0, 0.1) is 0 Å². The van der Waals surface area contributed by atoms with Crippen LogP contribution in [0.2, 0.25) is 0 Å². The molecule has 2 saturated heterocycles. The minimum atomic E-state index is -4.61. The third kappa shape index (κ3) is 3.53. The highest BCUT2D eigenvalue weighted by Crippen LogP contribution is 2.46. The molecule has 0 aromatic carbocycles. The van der Waals surface area contributed by atoms with Gasteiger partial charge in [0.15, 0.2) is 5.96 Å². The largest absolute Gasteiger partial charge is 0.476 e. The maximum atomic E-state index is 14.1. The molecule has 0 bridgehead atoms. The van der Waals surface area contributed by atoms with Crippen LogP contribution in [0.4, 0.5) is 27.6 Å². The van der Waals surface area contributed by atoms with Gasteiger partial charge in [0.2, 0.25) is 5.88 Å². The Labute approximate surface area is 197 Å². The highest BCUT2D eigenvalue weighted by Gasteiger charge is 2.50. The summed E-state index contributed by atoms with van der Waals surface area (Å²) in [7, 11) is -1.91. The average Bonchev–Trinajstić information content (AvgIpc) is 3.34. The number of fused-ring (bicyclic) bond motifs is 6. The van der Waals surface area contributed by atoms with Gasteiger partial charge in [-0.15, -0.1) is 0 Å². The molecule has 1 amide bonds. The summed E-state index contributed by atoms with van der Waals surface area (Å²) >= 11 is 0. The van der Waals surface area contributed by atoms with Crippen LogP contribution in [-0.4, -0.2) is 65.0 Å². The SMILES string of the molecule is NC1=Nc2cnc(C(=O)N3CCC[C@@H]4Oc5nc(C(F)(F)F)ccc5[Si]43)cc2[C@H]2CC(F)(F)CN12. The number of hydrogen-bond donors (Lipinski definition) is 1. The molecule has 4 aliphatic heterocycles. The summed E-state index contributed by atoms with van der Waals surface area (Å²) in [5.41, 5.74) is 5.21. The van der Waals surface area contributed by atoms with E-state index in [4.69, 9.17) is 10.5 Å². The van der Waals surface area contributed by atoms with Gasteiger partial charge in [0, 0.05) is 23.7 Å². The molecule has 4 aliphatic rings. The molecule has 2 fully saturated rings. The monoisotopic (exact) mass is 509 g/mol. The van der Waals surface area contributed by atoms with Crippen molar-refractivity contribution in [3.63, 3.8) is 0 Å². The van der Waals surface area contributed by atoms with Gasteiger partial charge in [-0.3, -0.25) is 4.79 Å². The van der Waals surface area contributed by atoms with E-state index in [1.165, 1.54) is 23.2 Å². The predicted molar refractivity (Wildman–Crippen MR) is 114 cm³/mol. The summed E-state index contributed by atoms with van der Waals surface area (Å²) in [6.07, 6.45) is -2.53. The normalized spacial score (nSPS) is 24.8. The number of pyridine rings is 2. The van der Waals surface area contributed by atoms with E-state index in [9.17, 15) is 26.7 Å². The van der Waals surface area contributed by atoms with Crippen molar-refractivity contribution >= 4 is 31.7 Å². The van der Waals surface area contributed by atoms with Gasteiger partial charge in [-0.25, -0.2) is 23.7 Å². The number of aromatic nitrogens is 2. The number of hydrogen-bond acceptors (Lipinski definition) is 7. The van der Waals surface area contributed by atoms with Gasteiger partial charge in [0.25, 0.3) is 20.8 Å². The quantitative estimate of drug-likeness (QED) is 0.468. The van der Waals surface area contributed by atoms with Crippen molar-refractivity contribution in [3.8, 4) is 5.88 Å². The molecule has 1 radical (unpaired) electrons. The van der Waals surface area contributed by atoms with Gasteiger partial charge in [0.1, 0.15) is 17.1 Å². The highest BCUT2D eigenvalue weighted by molar-refractivity contribution is 6.76. The van der Waals surface area contributed by atoms with E-state index in [0.717, 1.165) is 6.07 Å². The lowest BCUT2D eigenvalue weighted by Gasteiger charge is -2.35. The van der Waals surface area contributed by atoms with E-state index in [2.05, 4.69) is 15.0 Å². The smallest absolute Gasteiger partial charge is 0.433 e. The van der Waals surface area contributed by atoms with Gasteiger partial charge in [0.05, 0.1) is 24.5 Å². The average molecular weight is 509 g/mol. The summed E-state index contributed by atoms with van der Waals surface area (Å²) in [4.78, 5) is 26.9. The Morgan fingerprint density at radius 1 is 1.29 bits per heavy atom. The number of rotatable bonds is 1. The molecule has 2 N–H and O–H groups in total. The van der Waals surface area contributed by atoms with Crippen molar-refractivity contribution in [1.82, 2.24) is 19.4 Å². The van der Waals surface area contributed by atoms with E-state index >= 15 is 0 Å². The Bertz CT molecular complexity index is 1270. The minimum Gasteiger partial charge on any atom is -0.476 e. The first-order chi connectivity index (χ1) is 16.5. The van der Waals surface area contributed by atoms with Gasteiger partial charge in [-0.05, 0) is 25.0 Å². The van der Waals surface area contributed by atoms with E-state index in [0.29, 0.717) is 35.8 Å². The molecule has 2 atom stereocenters. The van der Waals surface area contributed by atoms with Gasteiger partial charge in [-0.2, -0.15) is 13.2 Å². The molecular formula is C21H18F5N6O2Si. The summed E-state index contributed by atoms with van der Waals surface area (Å²) < 4.78 is 74.9. The third-order valence-corrected chi connectivity index (χ3v) is 9.62. The Morgan fingerprint density at radius 2 is 2.09 bits per heavy atom. The van der Waals surface area contributed by atoms with Crippen molar-refractivity contribution < 1.29 is 31.5 Å². The lowest BCUT2D eigenvalue weighted by molar-refractivity contribution is -0.141. The number of alkyl halides is 5. The lowest BCUT2D eigenvalue weighted by Crippen LogP contribution is -2.59. The standard InChI is InChI=1S/C21H18F5N6O2Si/c22-20(23)7-13-10-6-11(28-8-12(10)29-19(27)31(13)9-20)18(33)32-5-1-2-16-34-17-14(35(16)32)3-4-15(30-17)21(24,25)26/h3-4,6,8,13,16H,1-2,5,7,9H2,(H2,27,29)/t13-,16-/m1/s1. The molecule has 0 spiro atoms. The lowest BCUT2D eigenvalue weighted by atomic mass is 10.0. The zero-order valence-corrected chi connectivity index (χ0v) is 19.0. The summed E-state index contributed by atoms with van der Waals surface area (Å²) in [5.74, 6) is -3.49. The molecule has 0 unspecified atom stereocenters.